The number of fused-ring (bicyclic) bond motifs is 2. The van der Waals surface area contributed by atoms with Crippen LogP contribution in [0.15, 0.2) is 28.7 Å². The maximum absolute atomic E-state index is 12.8. The topological polar surface area (TPSA) is 104 Å². The van der Waals surface area contributed by atoms with Crippen LogP contribution in [0.4, 0.5) is 0 Å². The Labute approximate surface area is 153 Å². The minimum Gasteiger partial charge on any atom is -0.481 e. The number of halogens is 1. The molecule has 25 heavy (non-hydrogen) atoms. The van der Waals surface area contributed by atoms with Gasteiger partial charge in [0.25, 0.3) is 0 Å². The number of benzene rings is 1. The molecule has 2 heterocycles. The van der Waals surface area contributed by atoms with Crippen LogP contribution in [0, 0.1) is 11.3 Å². The van der Waals surface area contributed by atoms with Crippen molar-refractivity contribution in [2.75, 3.05) is 0 Å². The SMILES string of the molecule is CC12CC(c3cccc(Br)c3)CC(N1)C(C(=O)O)C(=O)C2(C)C(=O)O. The molecule has 0 radical (unpaired) electrons. The largest absolute Gasteiger partial charge is 0.481 e. The number of aliphatic carboxylic acids is 2. The lowest BCUT2D eigenvalue weighted by molar-refractivity contribution is -0.173. The lowest BCUT2D eigenvalue weighted by atomic mass is 9.54. The standard InChI is InChI=1S/C18H20BrNO5/c1-17-8-10(9-4-3-5-11(19)6-9)7-12(20-17)13(15(22)23)14(21)18(17,2)16(24)25/h3-6,10,12-13,20H,7-8H2,1-2H3,(H,22,23)(H,24,25). The van der Waals surface area contributed by atoms with E-state index in [9.17, 15) is 24.6 Å². The van der Waals surface area contributed by atoms with Gasteiger partial charge in [0.1, 0.15) is 11.3 Å². The zero-order valence-electron chi connectivity index (χ0n) is 14.0. The molecule has 7 heteroatoms. The van der Waals surface area contributed by atoms with E-state index in [-0.39, 0.29) is 5.92 Å². The summed E-state index contributed by atoms with van der Waals surface area (Å²) >= 11 is 3.44. The minimum absolute atomic E-state index is 0.0256. The monoisotopic (exact) mass is 409 g/mol. The number of carbonyl (C=O) groups excluding carboxylic acids is 1. The van der Waals surface area contributed by atoms with Gasteiger partial charge < -0.3 is 15.5 Å². The first kappa shape index (κ1) is 18.1. The van der Waals surface area contributed by atoms with Gasteiger partial charge in [-0.15, -0.1) is 0 Å². The highest BCUT2D eigenvalue weighted by atomic mass is 79.9. The van der Waals surface area contributed by atoms with Gasteiger partial charge in [-0.25, -0.2) is 0 Å². The predicted octanol–water partition coefficient (Wildman–Crippen LogP) is 2.42. The van der Waals surface area contributed by atoms with E-state index >= 15 is 0 Å². The summed E-state index contributed by atoms with van der Waals surface area (Å²) in [4.78, 5) is 36.5. The van der Waals surface area contributed by atoms with Gasteiger partial charge in [-0.05, 0) is 50.3 Å². The second kappa shape index (κ2) is 5.92. The number of hydrogen-bond acceptors (Lipinski definition) is 4. The van der Waals surface area contributed by atoms with Crippen molar-refractivity contribution in [3.63, 3.8) is 0 Å². The normalized spacial score (nSPS) is 37.6. The van der Waals surface area contributed by atoms with Crippen molar-refractivity contribution in [3.05, 3.63) is 34.3 Å². The number of carbonyl (C=O) groups is 3. The Hall–Kier alpha value is -1.73. The number of carboxylic acid groups (broad SMARTS) is 2. The maximum Gasteiger partial charge on any atom is 0.318 e. The van der Waals surface area contributed by atoms with E-state index in [0.29, 0.717) is 12.8 Å². The molecule has 0 spiro atoms. The fourth-order valence-corrected chi connectivity index (χ4v) is 4.80. The molecular weight excluding hydrogens is 390 g/mol. The Balaban J connectivity index is 2.09. The molecule has 0 saturated carbocycles. The average Bonchev–Trinajstić information content (AvgIpc) is 2.52. The Kier molecular flexibility index (Phi) is 4.28. The first-order chi connectivity index (χ1) is 11.6. The molecular formula is C18H20BrNO5. The zero-order chi connectivity index (χ0) is 18.6. The molecule has 2 aliphatic rings. The molecule has 3 N–H and O–H groups in total. The van der Waals surface area contributed by atoms with E-state index in [4.69, 9.17) is 0 Å². The van der Waals surface area contributed by atoms with Crippen LogP contribution in [0.3, 0.4) is 0 Å². The molecule has 5 atom stereocenters. The van der Waals surface area contributed by atoms with Gasteiger partial charge in [0.05, 0.1) is 0 Å². The summed E-state index contributed by atoms with van der Waals surface area (Å²) in [5, 5.41) is 22.5. The highest BCUT2D eigenvalue weighted by Crippen LogP contribution is 2.51. The molecule has 1 aromatic rings. The first-order valence-corrected chi connectivity index (χ1v) is 8.93. The fraction of sp³-hybridized carbons (Fsp3) is 0.500. The Morgan fingerprint density at radius 2 is 1.96 bits per heavy atom. The van der Waals surface area contributed by atoms with E-state index in [1.54, 1.807) is 6.92 Å². The molecule has 0 amide bonds. The van der Waals surface area contributed by atoms with Crippen LogP contribution in [0.2, 0.25) is 0 Å². The van der Waals surface area contributed by atoms with Crippen LogP contribution in [0.5, 0.6) is 0 Å². The highest BCUT2D eigenvalue weighted by Gasteiger charge is 2.66. The van der Waals surface area contributed by atoms with Crippen LogP contribution in [-0.4, -0.2) is 39.5 Å². The van der Waals surface area contributed by atoms with Gasteiger partial charge in [0, 0.05) is 16.1 Å². The summed E-state index contributed by atoms with van der Waals surface area (Å²) in [7, 11) is 0. The molecule has 3 rings (SSSR count). The molecule has 134 valence electrons. The van der Waals surface area contributed by atoms with Gasteiger partial charge in [-0.3, -0.25) is 14.4 Å². The van der Waals surface area contributed by atoms with Gasteiger partial charge in [0.15, 0.2) is 5.78 Å². The number of Topliss-reactive ketones (excluding diaryl/α,β-unsaturated/α-hetero) is 1. The van der Waals surface area contributed by atoms with Gasteiger partial charge >= 0.3 is 11.9 Å². The Bertz CT molecular complexity index is 766. The van der Waals surface area contributed by atoms with Crippen molar-refractivity contribution in [2.45, 2.75) is 44.2 Å². The van der Waals surface area contributed by atoms with Crippen LogP contribution in [-0.2, 0) is 14.4 Å². The second-order valence-electron chi connectivity index (χ2n) is 7.39. The number of nitrogens with one attached hydrogen (secondary N) is 1. The number of piperidine rings is 2. The van der Waals surface area contributed by atoms with Gasteiger partial charge in [-0.2, -0.15) is 0 Å². The van der Waals surface area contributed by atoms with Crippen LogP contribution < -0.4 is 5.32 Å². The lowest BCUT2D eigenvalue weighted by Gasteiger charge is -2.56. The average molecular weight is 410 g/mol. The molecule has 2 aliphatic heterocycles. The van der Waals surface area contributed by atoms with Gasteiger partial charge in [0.2, 0.25) is 0 Å². The summed E-state index contributed by atoms with van der Waals surface area (Å²) < 4.78 is 0.908. The number of rotatable bonds is 3. The van der Waals surface area contributed by atoms with Crippen LogP contribution in [0.25, 0.3) is 0 Å². The Morgan fingerprint density at radius 1 is 1.28 bits per heavy atom. The number of ketones is 1. The predicted molar refractivity (Wildman–Crippen MR) is 93.3 cm³/mol. The summed E-state index contributed by atoms with van der Waals surface area (Å²) in [5.74, 6) is -4.66. The van der Waals surface area contributed by atoms with Gasteiger partial charge in [-0.1, -0.05) is 28.1 Å². The van der Waals surface area contributed by atoms with Crippen molar-refractivity contribution in [1.82, 2.24) is 5.32 Å². The van der Waals surface area contributed by atoms with Crippen molar-refractivity contribution in [1.29, 1.82) is 0 Å². The third-order valence-corrected chi connectivity index (χ3v) is 6.49. The van der Waals surface area contributed by atoms with Crippen molar-refractivity contribution < 1.29 is 24.6 Å². The summed E-state index contributed by atoms with van der Waals surface area (Å²) in [6, 6.07) is 7.13. The van der Waals surface area contributed by atoms with Crippen molar-refractivity contribution in [2.24, 2.45) is 11.3 Å². The summed E-state index contributed by atoms with van der Waals surface area (Å²) in [5.41, 5.74) is -1.80. The van der Waals surface area contributed by atoms with Crippen molar-refractivity contribution >= 4 is 33.7 Å². The van der Waals surface area contributed by atoms with E-state index in [1.165, 1.54) is 6.92 Å². The quantitative estimate of drug-likeness (QED) is 0.662. The first-order valence-electron chi connectivity index (χ1n) is 8.14. The molecule has 0 aromatic heterocycles. The van der Waals surface area contributed by atoms with Crippen LogP contribution in [0.1, 0.15) is 38.2 Å². The number of carboxylic acids is 2. The Morgan fingerprint density at radius 3 is 2.52 bits per heavy atom. The third kappa shape index (κ3) is 2.60. The molecule has 2 fully saturated rings. The molecule has 2 saturated heterocycles. The zero-order valence-corrected chi connectivity index (χ0v) is 15.5. The third-order valence-electron chi connectivity index (χ3n) is 5.99. The molecule has 5 unspecified atom stereocenters. The van der Waals surface area contributed by atoms with E-state index in [1.807, 2.05) is 24.3 Å². The summed E-state index contributed by atoms with van der Waals surface area (Å²) in [6.07, 6.45) is 0.922. The smallest absolute Gasteiger partial charge is 0.318 e. The van der Waals surface area contributed by atoms with E-state index < -0.39 is 40.6 Å². The van der Waals surface area contributed by atoms with E-state index in [0.717, 1.165) is 10.0 Å². The molecule has 0 aliphatic carbocycles. The minimum atomic E-state index is -1.79. The molecule has 6 nitrogen and oxygen atoms in total. The van der Waals surface area contributed by atoms with Crippen LogP contribution >= 0.6 is 15.9 Å². The summed E-state index contributed by atoms with van der Waals surface area (Å²) in [6.45, 7) is 3.06. The maximum atomic E-state index is 12.8. The highest BCUT2D eigenvalue weighted by molar-refractivity contribution is 9.10. The molecule has 2 bridgehead atoms. The fourth-order valence-electron chi connectivity index (χ4n) is 4.38. The van der Waals surface area contributed by atoms with E-state index in [2.05, 4.69) is 21.2 Å². The lowest BCUT2D eigenvalue weighted by Crippen LogP contribution is -2.75. The number of hydrogen-bond donors (Lipinski definition) is 3. The van der Waals surface area contributed by atoms with Crippen molar-refractivity contribution in [3.8, 4) is 0 Å². The second-order valence-corrected chi connectivity index (χ2v) is 8.30. The molecule has 1 aromatic carbocycles.